The first-order chi connectivity index (χ1) is 13.7. The SMILES string of the molecule is COc1cccc(-c2ccc(SCC(=O)Nc3ccc4c(c3)OCO4)nn2)c1. The fraction of sp³-hybridized carbons (Fsp3) is 0.150. The Balaban J connectivity index is 1.33. The van der Waals surface area contributed by atoms with Gasteiger partial charge < -0.3 is 19.5 Å². The Morgan fingerprint density at radius 1 is 1.11 bits per heavy atom. The maximum Gasteiger partial charge on any atom is 0.234 e. The number of ether oxygens (including phenoxy) is 3. The van der Waals surface area contributed by atoms with Crippen LogP contribution in [0.5, 0.6) is 17.2 Å². The largest absolute Gasteiger partial charge is 0.497 e. The first-order valence-corrected chi connectivity index (χ1v) is 9.50. The molecule has 0 atom stereocenters. The van der Waals surface area contributed by atoms with Crippen LogP contribution in [0, 0.1) is 0 Å². The number of anilines is 1. The van der Waals surface area contributed by atoms with E-state index in [9.17, 15) is 4.79 Å². The zero-order valence-electron chi connectivity index (χ0n) is 15.0. The highest BCUT2D eigenvalue weighted by atomic mass is 32.2. The number of nitrogens with zero attached hydrogens (tertiary/aromatic N) is 2. The summed E-state index contributed by atoms with van der Waals surface area (Å²) in [6.07, 6.45) is 0. The van der Waals surface area contributed by atoms with Crippen LogP contribution in [0.4, 0.5) is 5.69 Å². The molecule has 0 bridgehead atoms. The summed E-state index contributed by atoms with van der Waals surface area (Å²) in [4.78, 5) is 12.2. The van der Waals surface area contributed by atoms with Gasteiger partial charge in [-0.25, -0.2) is 0 Å². The van der Waals surface area contributed by atoms with Crippen LogP contribution in [-0.2, 0) is 4.79 Å². The molecule has 1 aromatic heterocycles. The van der Waals surface area contributed by atoms with Gasteiger partial charge in [0.1, 0.15) is 10.8 Å². The predicted molar refractivity (Wildman–Crippen MR) is 106 cm³/mol. The van der Waals surface area contributed by atoms with Crippen molar-refractivity contribution in [2.24, 2.45) is 0 Å². The highest BCUT2D eigenvalue weighted by Crippen LogP contribution is 2.34. The fourth-order valence-corrected chi connectivity index (χ4v) is 3.26. The van der Waals surface area contributed by atoms with Crippen LogP contribution in [0.3, 0.4) is 0 Å². The molecule has 8 heteroatoms. The summed E-state index contributed by atoms with van der Waals surface area (Å²) < 4.78 is 15.8. The second-order valence-corrected chi connectivity index (χ2v) is 6.89. The van der Waals surface area contributed by atoms with Gasteiger partial charge in [-0.3, -0.25) is 4.79 Å². The van der Waals surface area contributed by atoms with Gasteiger partial charge in [0, 0.05) is 17.3 Å². The number of rotatable bonds is 6. The molecule has 2 aromatic carbocycles. The quantitative estimate of drug-likeness (QED) is 0.639. The Bertz CT molecular complexity index is 995. The summed E-state index contributed by atoms with van der Waals surface area (Å²) in [6.45, 7) is 0.201. The number of carbonyl (C=O) groups excluding carboxylic acids is 1. The van der Waals surface area contributed by atoms with E-state index in [4.69, 9.17) is 14.2 Å². The second-order valence-electron chi connectivity index (χ2n) is 5.89. The number of amides is 1. The lowest BCUT2D eigenvalue weighted by atomic mass is 10.1. The van der Waals surface area contributed by atoms with E-state index in [1.807, 2.05) is 36.4 Å². The van der Waals surface area contributed by atoms with Crippen molar-refractivity contribution >= 4 is 23.4 Å². The summed E-state index contributed by atoms with van der Waals surface area (Å²) >= 11 is 1.32. The normalized spacial score (nSPS) is 11.9. The summed E-state index contributed by atoms with van der Waals surface area (Å²) in [5, 5.41) is 11.9. The number of thioether (sulfide) groups is 1. The van der Waals surface area contributed by atoms with Crippen LogP contribution < -0.4 is 19.5 Å². The van der Waals surface area contributed by atoms with Crippen LogP contribution in [0.1, 0.15) is 0 Å². The van der Waals surface area contributed by atoms with Crippen LogP contribution in [-0.4, -0.2) is 35.8 Å². The lowest BCUT2D eigenvalue weighted by Crippen LogP contribution is -2.14. The zero-order valence-corrected chi connectivity index (χ0v) is 15.9. The molecule has 3 aromatic rings. The monoisotopic (exact) mass is 395 g/mol. The third kappa shape index (κ3) is 4.17. The maximum atomic E-state index is 12.2. The van der Waals surface area contributed by atoms with Crippen molar-refractivity contribution in [3.8, 4) is 28.5 Å². The van der Waals surface area contributed by atoms with Gasteiger partial charge in [0.05, 0.1) is 18.6 Å². The van der Waals surface area contributed by atoms with Gasteiger partial charge >= 0.3 is 0 Å². The average molecular weight is 395 g/mol. The van der Waals surface area contributed by atoms with Gasteiger partial charge in [-0.1, -0.05) is 23.9 Å². The summed E-state index contributed by atoms with van der Waals surface area (Å²) in [5.74, 6) is 2.16. The van der Waals surface area contributed by atoms with Gasteiger partial charge in [-0.05, 0) is 36.4 Å². The van der Waals surface area contributed by atoms with Gasteiger partial charge in [0.15, 0.2) is 11.5 Å². The zero-order chi connectivity index (χ0) is 19.3. The first-order valence-electron chi connectivity index (χ1n) is 8.52. The summed E-state index contributed by atoms with van der Waals surface area (Å²) in [5.41, 5.74) is 2.33. The number of benzene rings is 2. The molecule has 1 aliphatic rings. The molecule has 0 saturated carbocycles. The molecule has 0 aliphatic carbocycles. The molecule has 0 unspecified atom stereocenters. The third-order valence-electron chi connectivity index (χ3n) is 4.01. The molecule has 7 nitrogen and oxygen atoms in total. The lowest BCUT2D eigenvalue weighted by molar-refractivity contribution is -0.113. The molecule has 0 radical (unpaired) electrons. The Kier molecular flexibility index (Phi) is 5.29. The van der Waals surface area contributed by atoms with E-state index in [2.05, 4.69) is 15.5 Å². The van der Waals surface area contributed by atoms with E-state index in [1.165, 1.54) is 11.8 Å². The van der Waals surface area contributed by atoms with Crippen molar-refractivity contribution in [3.63, 3.8) is 0 Å². The first kappa shape index (κ1) is 18.1. The van der Waals surface area contributed by atoms with E-state index in [0.29, 0.717) is 22.2 Å². The van der Waals surface area contributed by atoms with E-state index in [-0.39, 0.29) is 18.5 Å². The molecule has 142 valence electrons. The maximum absolute atomic E-state index is 12.2. The topological polar surface area (TPSA) is 82.6 Å². The van der Waals surface area contributed by atoms with Crippen molar-refractivity contribution in [3.05, 3.63) is 54.6 Å². The number of carbonyl (C=O) groups is 1. The molecule has 1 aliphatic heterocycles. The highest BCUT2D eigenvalue weighted by Gasteiger charge is 2.14. The molecule has 28 heavy (non-hydrogen) atoms. The van der Waals surface area contributed by atoms with Gasteiger partial charge in [-0.15, -0.1) is 10.2 Å². The molecular weight excluding hydrogens is 378 g/mol. The molecule has 0 spiro atoms. The number of hydrogen-bond acceptors (Lipinski definition) is 7. The number of methoxy groups -OCH3 is 1. The molecule has 1 amide bonds. The van der Waals surface area contributed by atoms with Crippen molar-refractivity contribution in [1.29, 1.82) is 0 Å². The summed E-state index contributed by atoms with van der Waals surface area (Å²) in [7, 11) is 1.62. The predicted octanol–water partition coefficient (Wildman–Crippen LogP) is 3.61. The second kappa shape index (κ2) is 8.18. The Labute approximate surface area is 166 Å². The van der Waals surface area contributed by atoms with Crippen LogP contribution in [0.15, 0.2) is 59.6 Å². The Hall–Kier alpha value is -3.26. The van der Waals surface area contributed by atoms with Gasteiger partial charge in [0.2, 0.25) is 12.7 Å². The van der Waals surface area contributed by atoms with Crippen LogP contribution in [0.25, 0.3) is 11.3 Å². The molecule has 4 rings (SSSR count). The minimum absolute atomic E-state index is 0.137. The Morgan fingerprint density at radius 3 is 2.82 bits per heavy atom. The fourth-order valence-electron chi connectivity index (χ4n) is 2.64. The summed E-state index contributed by atoms with van der Waals surface area (Å²) in [6, 6.07) is 16.6. The third-order valence-corrected chi connectivity index (χ3v) is 4.93. The van der Waals surface area contributed by atoms with Crippen LogP contribution >= 0.6 is 11.8 Å². The molecule has 2 heterocycles. The van der Waals surface area contributed by atoms with Crippen molar-refractivity contribution in [1.82, 2.24) is 10.2 Å². The van der Waals surface area contributed by atoms with Crippen molar-refractivity contribution in [2.75, 3.05) is 25.0 Å². The molecule has 0 saturated heterocycles. The van der Waals surface area contributed by atoms with Crippen molar-refractivity contribution in [2.45, 2.75) is 5.03 Å². The minimum Gasteiger partial charge on any atom is -0.497 e. The smallest absolute Gasteiger partial charge is 0.234 e. The van der Waals surface area contributed by atoms with E-state index >= 15 is 0 Å². The minimum atomic E-state index is -0.137. The number of nitrogens with one attached hydrogen (secondary N) is 1. The molecule has 1 N–H and O–H groups in total. The number of hydrogen-bond donors (Lipinski definition) is 1. The van der Waals surface area contributed by atoms with Crippen molar-refractivity contribution < 1.29 is 19.0 Å². The van der Waals surface area contributed by atoms with Gasteiger partial charge in [-0.2, -0.15) is 0 Å². The molecular formula is C20H17N3O4S. The number of aromatic nitrogens is 2. The van der Waals surface area contributed by atoms with E-state index in [1.54, 1.807) is 25.3 Å². The van der Waals surface area contributed by atoms with Crippen LogP contribution in [0.2, 0.25) is 0 Å². The van der Waals surface area contributed by atoms with E-state index in [0.717, 1.165) is 17.0 Å². The lowest BCUT2D eigenvalue weighted by Gasteiger charge is -2.06. The Morgan fingerprint density at radius 2 is 2.00 bits per heavy atom. The molecule has 0 fully saturated rings. The van der Waals surface area contributed by atoms with E-state index < -0.39 is 0 Å². The highest BCUT2D eigenvalue weighted by molar-refractivity contribution is 7.99. The average Bonchev–Trinajstić information content (AvgIpc) is 3.20. The number of fused-ring (bicyclic) bond motifs is 1. The standard InChI is InChI=1S/C20H17N3O4S/c1-25-15-4-2-3-13(9-15)16-6-8-20(23-22-16)28-11-19(24)21-14-5-7-17-18(10-14)27-12-26-17/h2-10H,11-12H2,1H3,(H,21,24). The van der Waals surface area contributed by atoms with Gasteiger partial charge in [0.25, 0.3) is 0 Å².